The minimum atomic E-state index is -0.848. The van der Waals surface area contributed by atoms with Gasteiger partial charge < -0.3 is 14.6 Å². The maximum absolute atomic E-state index is 11.2. The third kappa shape index (κ3) is 3.56. The standard InChI is InChI=1S/C14H20O4S/c1-14(2,13(15)16)8-9-6-11(18-4)12(19-5)7-10(9)17-3/h6-7H,8H2,1-5H3,(H,15,16). The van der Waals surface area contributed by atoms with Gasteiger partial charge in [0.05, 0.1) is 24.5 Å². The molecule has 0 aliphatic carbocycles. The van der Waals surface area contributed by atoms with Crippen LogP contribution >= 0.6 is 11.8 Å². The molecule has 5 heteroatoms. The third-order valence-corrected chi connectivity index (χ3v) is 3.76. The van der Waals surface area contributed by atoms with E-state index in [1.165, 1.54) is 0 Å². The van der Waals surface area contributed by atoms with Crippen molar-refractivity contribution in [1.29, 1.82) is 0 Å². The number of methoxy groups -OCH3 is 2. The Bertz CT molecular complexity index is 469. The molecule has 106 valence electrons. The lowest BCUT2D eigenvalue weighted by Crippen LogP contribution is -2.26. The van der Waals surface area contributed by atoms with E-state index in [-0.39, 0.29) is 0 Å². The molecule has 0 atom stereocenters. The molecule has 0 amide bonds. The van der Waals surface area contributed by atoms with E-state index in [0.717, 1.165) is 16.2 Å². The monoisotopic (exact) mass is 284 g/mol. The molecule has 4 nitrogen and oxygen atoms in total. The first-order chi connectivity index (χ1) is 8.85. The summed E-state index contributed by atoms with van der Waals surface area (Å²) in [6.45, 7) is 3.40. The van der Waals surface area contributed by atoms with Crippen molar-refractivity contribution in [3.8, 4) is 11.5 Å². The highest BCUT2D eigenvalue weighted by Crippen LogP contribution is 2.37. The van der Waals surface area contributed by atoms with Crippen molar-refractivity contribution >= 4 is 17.7 Å². The summed E-state index contributed by atoms with van der Waals surface area (Å²) in [6.07, 6.45) is 2.34. The van der Waals surface area contributed by atoms with Gasteiger partial charge in [0.2, 0.25) is 0 Å². The first-order valence-corrected chi connectivity index (χ1v) is 7.10. The van der Waals surface area contributed by atoms with Crippen LogP contribution < -0.4 is 9.47 Å². The Hall–Kier alpha value is -1.36. The fourth-order valence-electron chi connectivity index (χ4n) is 1.78. The zero-order valence-electron chi connectivity index (χ0n) is 11.9. The van der Waals surface area contributed by atoms with Crippen LogP contribution in [0.4, 0.5) is 0 Å². The molecule has 0 heterocycles. The van der Waals surface area contributed by atoms with Gasteiger partial charge in [0.15, 0.2) is 0 Å². The van der Waals surface area contributed by atoms with Crippen molar-refractivity contribution < 1.29 is 19.4 Å². The normalized spacial score (nSPS) is 11.2. The minimum absolute atomic E-state index is 0.385. The van der Waals surface area contributed by atoms with Crippen LogP contribution in [0.25, 0.3) is 0 Å². The molecule has 19 heavy (non-hydrogen) atoms. The van der Waals surface area contributed by atoms with Gasteiger partial charge in [0, 0.05) is 0 Å². The first-order valence-electron chi connectivity index (χ1n) is 5.88. The minimum Gasteiger partial charge on any atom is -0.496 e. The van der Waals surface area contributed by atoms with Gasteiger partial charge in [-0.2, -0.15) is 0 Å². The zero-order valence-corrected chi connectivity index (χ0v) is 12.8. The van der Waals surface area contributed by atoms with Crippen molar-refractivity contribution in [2.75, 3.05) is 20.5 Å². The molecule has 0 fully saturated rings. The summed E-state index contributed by atoms with van der Waals surface area (Å²) in [4.78, 5) is 12.2. The van der Waals surface area contributed by atoms with Gasteiger partial charge in [0.1, 0.15) is 11.5 Å². The maximum atomic E-state index is 11.2. The number of carboxylic acid groups (broad SMARTS) is 1. The molecule has 0 aliphatic rings. The summed E-state index contributed by atoms with van der Waals surface area (Å²) in [5.74, 6) is 0.603. The molecule has 1 aromatic rings. The lowest BCUT2D eigenvalue weighted by molar-refractivity contribution is -0.146. The van der Waals surface area contributed by atoms with Gasteiger partial charge in [0.25, 0.3) is 0 Å². The average Bonchev–Trinajstić information content (AvgIpc) is 2.37. The maximum Gasteiger partial charge on any atom is 0.309 e. The Kier molecular flexibility index (Phi) is 5.11. The van der Waals surface area contributed by atoms with E-state index in [9.17, 15) is 9.90 Å². The van der Waals surface area contributed by atoms with E-state index in [1.54, 1.807) is 39.8 Å². The van der Waals surface area contributed by atoms with E-state index >= 15 is 0 Å². The topological polar surface area (TPSA) is 55.8 Å². The smallest absolute Gasteiger partial charge is 0.309 e. The highest BCUT2D eigenvalue weighted by Gasteiger charge is 2.29. The summed E-state index contributed by atoms with van der Waals surface area (Å²) < 4.78 is 10.7. The third-order valence-electron chi connectivity index (χ3n) is 3.00. The predicted octanol–water partition coefficient (Wildman–Crippen LogP) is 3.08. The molecule has 0 saturated carbocycles. The van der Waals surface area contributed by atoms with Crippen LogP contribution in [0, 0.1) is 5.41 Å². The summed E-state index contributed by atoms with van der Waals surface area (Å²) >= 11 is 1.56. The highest BCUT2D eigenvalue weighted by atomic mass is 32.2. The second-order valence-corrected chi connectivity index (χ2v) is 5.73. The molecule has 0 aromatic heterocycles. The van der Waals surface area contributed by atoms with Gasteiger partial charge in [-0.3, -0.25) is 4.79 Å². The second kappa shape index (κ2) is 6.19. The number of thioether (sulfide) groups is 1. The number of rotatable bonds is 6. The number of aliphatic carboxylic acids is 1. The molecular formula is C14H20O4S. The molecule has 0 aliphatic heterocycles. The largest absolute Gasteiger partial charge is 0.496 e. The van der Waals surface area contributed by atoms with Crippen LogP contribution in [-0.2, 0) is 11.2 Å². The Balaban J connectivity index is 3.23. The first kappa shape index (κ1) is 15.7. The van der Waals surface area contributed by atoms with Gasteiger partial charge in [-0.15, -0.1) is 11.8 Å². The molecule has 0 unspecified atom stereocenters. The Labute approximate surface area is 118 Å². The Morgan fingerprint density at radius 2 is 1.84 bits per heavy atom. The Morgan fingerprint density at radius 3 is 2.26 bits per heavy atom. The number of hydrogen-bond donors (Lipinski definition) is 1. The van der Waals surface area contributed by atoms with Crippen LogP contribution in [0.3, 0.4) is 0 Å². The van der Waals surface area contributed by atoms with Gasteiger partial charge in [-0.25, -0.2) is 0 Å². The lowest BCUT2D eigenvalue weighted by Gasteiger charge is -2.21. The second-order valence-electron chi connectivity index (χ2n) is 4.88. The molecule has 1 rings (SSSR count). The molecule has 1 N–H and O–H groups in total. The number of ether oxygens (including phenoxy) is 2. The lowest BCUT2D eigenvalue weighted by atomic mass is 9.85. The van der Waals surface area contributed by atoms with Gasteiger partial charge >= 0.3 is 5.97 Å². The zero-order chi connectivity index (χ0) is 14.6. The van der Waals surface area contributed by atoms with Gasteiger partial charge in [-0.05, 0) is 44.2 Å². The summed E-state index contributed by atoms with van der Waals surface area (Å²) in [6, 6.07) is 3.74. The van der Waals surface area contributed by atoms with Crippen LogP contribution in [0.5, 0.6) is 11.5 Å². The van der Waals surface area contributed by atoms with E-state index < -0.39 is 11.4 Å². The van der Waals surface area contributed by atoms with Crippen LogP contribution in [0.15, 0.2) is 17.0 Å². The SMILES string of the molecule is COc1cc(SC)c(OC)cc1CC(C)(C)C(=O)O. The van der Waals surface area contributed by atoms with Crippen molar-refractivity contribution in [2.45, 2.75) is 25.2 Å². The summed E-state index contributed by atoms with van der Waals surface area (Å²) in [5, 5.41) is 9.22. The van der Waals surface area contributed by atoms with Crippen molar-refractivity contribution in [3.63, 3.8) is 0 Å². The van der Waals surface area contributed by atoms with Gasteiger partial charge in [-0.1, -0.05) is 0 Å². The van der Waals surface area contributed by atoms with Crippen molar-refractivity contribution in [1.82, 2.24) is 0 Å². The summed E-state index contributed by atoms with van der Waals surface area (Å²) in [7, 11) is 3.19. The molecule has 0 radical (unpaired) electrons. The molecule has 1 aromatic carbocycles. The molecule has 0 saturated heterocycles. The number of carbonyl (C=O) groups is 1. The number of carboxylic acids is 1. The number of hydrogen-bond acceptors (Lipinski definition) is 4. The Morgan fingerprint density at radius 1 is 1.26 bits per heavy atom. The highest BCUT2D eigenvalue weighted by molar-refractivity contribution is 7.98. The number of benzene rings is 1. The van der Waals surface area contributed by atoms with E-state index in [4.69, 9.17) is 9.47 Å². The van der Waals surface area contributed by atoms with E-state index in [1.807, 2.05) is 18.4 Å². The van der Waals surface area contributed by atoms with Crippen molar-refractivity contribution in [2.24, 2.45) is 5.41 Å². The molecule has 0 bridgehead atoms. The summed E-state index contributed by atoms with van der Waals surface area (Å²) in [5.41, 5.74) is -0.0105. The van der Waals surface area contributed by atoms with Crippen LogP contribution in [0.2, 0.25) is 0 Å². The van der Waals surface area contributed by atoms with Crippen LogP contribution in [0.1, 0.15) is 19.4 Å². The van der Waals surface area contributed by atoms with E-state index in [0.29, 0.717) is 12.2 Å². The predicted molar refractivity (Wildman–Crippen MR) is 76.4 cm³/mol. The molecule has 0 spiro atoms. The fourth-order valence-corrected chi connectivity index (χ4v) is 2.35. The fraction of sp³-hybridized carbons (Fsp3) is 0.500. The van der Waals surface area contributed by atoms with E-state index in [2.05, 4.69) is 0 Å². The molecular weight excluding hydrogens is 264 g/mol. The quantitative estimate of drug-likeness (QED) is 0.814. The van der Waals surface area contributed by atoms with Crippen LogP contribution in [-0.4, -0.2) is 31.6 Å². The average molecular weight is 284 g/mol. The van der Waals surface area contributed by atoms with Crippen molar-refractivity contribution in [3.05, 3.63) is 17.7 Å².